The minimum Gasteiger partial charge on any atom is -0.496 e. The molecule has 3 N–H and O–H groups in total. The topological polar surface area (TPSA) is 97.0 Å². The standard InChI is InChI=1S/C8H9N3O2S.C6H11NO/c1-13-6-4-2-3-5-7(6)8(9)11-14(12)10-5;1-6(8)7-4-2-3-5-7/h2-4,10H,1H3,(H2,9,11);2-5H2,1H3. The molecular weight excluding hydrogens is 304 g/mol. The molecule has 0 aliphatic carbocycles. The molecule has 3 rings (SSSR count). The number of benzene rings is 1. The van der Waals surface area contributed by atoms with E-state index >= 15 is 0 Å². The highest BCUT2D eigenvalue weighted by Crippen LogP contribution is 2.28. The molecule has 1 aromatic rings. The molecule has 1 amide bonds. The van der Waals surface area contributed by atoms with E-state index in [-0.39, 0.29) is 11.7 Å². The molecule has 1 saturated heterocycles. The lowest BCUT2D eigenvalue weighted by atomic mass is 10.1. The van der Waals surface area contributed by atoms with Gasteiger partial charge in [0.2, 0.25) is 17.1 Å². The first-order chi connectivity index (χ1) is 10.5. The summed E-state index contributed by atoms with van der Waals surface area (Å²) in [6, 6.07) is 5.34. The first-order valence-electron chi connectivity index (χ1n) is 6.98. The van der Waals surface area contributed by atoms with Crippen LogP contribution >= 0.6 is 0 Å². The zero-order valence-electron chi connectivity index (χ0n) is 12.7. The molecule has 1 atom stereocenters. The highest BCUT2D eigenvalue weighted by Gasteiger charge is 2.19. The summed E-state index contributed by atoms with van der Waals surface area (Å²) >= 11 is -1.48. The number of nitrogens with two attached hydrogens (primary N) is 1. The Morgan fingerprint density at radius 1 is 1.41 bits per heavy atom. The maximum atomic E-state index is 11.1. The first kappa shape index (κ1) is 16.3. The van der Waals surface area contributed by atoms with E-state index in [1.54, 1.807) is 32.2 Å². The Morgan fingerprint density at radius 2 is 2.09 bits per heavy atom. The Labute approximate surface area is 132 Å². The molecule has 1 unspecified atom stereocenters. The molecule has 22 heavy (non-hydrogen) atoms. The van der Waals surface area contributed by atoms with Crippen molar-refractivity contribution in [1.82, 2.24) is 4.90 Å². The van der Waals surface area contributed by atoms with Crippen molar-refractivity contribution in [3.05, 3.63) is 23.8 Å². The van der Waals surface area contributed by atoms with Crippen LogP contribution in [0.15, 0.2) is 22.6 Å². The van der Waals surface area contributed by atoms with E-state index in [1.165, 1.54) is 12.8 Å². The fourth-order valence-corrected chi connectivity index (χ4v) is 3.01. The quantitative estimate of drug-likeness (QED) is 0.806. The second-order valence-electron chi connectivity index (χ2n) is 4.92. The molecule has 0 radical (unpaired) electrons. The highest BCUT2D eigenvalue weighted by molar-refractivity contribution is 7.85. The fraction of sp³-hybridized carbons (Fsp3) is 0.429. The van der Waals surface area contributed by atoms with Gasteiger partial charge in [-0.15, -0.1) is 0 Å². The van der Waals surface area contributed by atoms with Crippen molar-refractivity contribution >= 4 is 28.6 Å². The number of rotatable bonds is 1. The summed E-state index contributed by atoms with van der Waals surface area (Å²) in [6.45, 7) is 3.59. The summed E-state index contributed by atoms with van der Waals surface area (Å²) < 4.78 is 22.6. The van der Waals surface area contributed by atoms with Crippen molar-refractivity contribution in [3.63, 3.8) is 0 Å². The third-order valence-corrected chi connectivity index (χ3v) is 4.19. The lowest BCUT2D eigenvalue weighted by molar-refractivity contribution is -0.127. The number of amides is 1. The first-order valence-corrected chi connectivity index (χ1v) is 8.09. The van der Waals surface area contributed by atoms with Crippen molar-refractivity contribution in [2.75, 3.05) is 24.9 Å². The number of carbonyl (C=O) groups excluding carboxylic acids is 1. The molecule has 120 valence electrons. The Bertz CT molecular complexity index is 612. The molecule has 7 nitrogen and oxygen atoms in total. The third-order valence-electron chi connectivity index (χ3n) is 3.43. The molecule has 1 fully saturated rings. The van der Waals surface area contributed by atoms with Gasteiger partial charge in [0.05, 0.1) is 18.4 Å². The maximum Gasteiger partial charge on any atom is 0.245 e. The van der Waals surface area contributed by atoms with Crippen LogP contribution in [0.5, 0.6) is 5.75 Å². The predicted octanol–water partition coefficient (Wildman–Crippen LogP) is 1.03. The molecule has 2 heterocycles. The average molecular weight is 324 g/mol. The van der Waals surface area contributed by atoms with E-state index < -0.39 is 11.2 Å². The smallest absolute Gasteiger partial charge is 0.245 e. The van der Waals surface area contributed by atoms with Gasteiger partial charge in [-0.3, -0.25) is 9.52 Å². The Kier molecular flexibility index (Phi) is 5.37. The van der Waals surface area contributed by atoms with Crippen LogP contribution in [-0.4, -0.2) is 41.1 Å². The monoisotopic (exact) mass is 324 g/mol. The van der Waals surface area contributed by atoms with Crippen molar-refractivity contribution in [2.24, 2.45) is 10.1 Å². The molecule has 0 spiro atoms. The summed E-state index contributed by atoms with van der Waals surface area (Å²) in [7, 11) is 1.55. The van der Waals surface area contributed by atoms with E-state index in [9.17, 15) is 9.00 Å². The van der Waals surface area contributed by atoms with Gasteiger partial charge >= 0.3 is 0 Å². The van der Waals surface area contributed by atoms with E-state index in [2.05, 4.69) is 9.12 Å². The summed E-state index contributed by atoms with van der Waals surface area (Å²) in [6.07, 6.45) is 2.39. The van der Waals surface area contributed by atoms with Crippen LogP contribution in [0.3, 0.4) is 0 Å². The van der Waals surface area contributed by atoms with Gasteiger partial charge in [0.15, 0.2) is 0 Å². The van der Waals surface area contributed by atoms with Crippen LogP contribution in [0.4, 0.5) is 5.69 Å². The number of fused-ring (bicyclic) bond motifs is 1. The number of methoxy groups -OCH3 is 1. The Balaban J connectivity index is 0.000000188. The molecule has 2 aliphatic heterocycles. The minimum absolute atomic E-state index is 0.225. The van der Waals surface area contributed by atoms with Gasteiger partial charge in [-0.25, -0.2) is 4.21 Å². The zero-order valence-corrected chi connectivity index (χ0v) is 13.5. The third kappa shape index (κ3) is 3.76. The summed E-state index contributed by atoms with van der Waals surface area (Å²) in [5, 5.41) is 0. The number of carbonyl (C=O) groups is 1. The van der Waals surface area contributed by atoms with Crippen molar-refractivity contribution in [1.29, 1.82) is 0 Å². The molecular formula is C14H20N4O3S. The summed E-state index contributed by atoms with van der Waals surface area (Å²) in [5.74, 6) is 1.07. The van der Waals surface area contributed by atoms with Crippen molar-refractivity contribution in [3.8, 4) is 5.75 Å². The molecule has 0 aromatic heterocycles. The Morgan fingerprint density at radius 3 is 2.64 bits per heavy atom. The Hall–Kier alpha value is -2.09. The summed E-state index contributed by atoms with van der Waals surface area (Å²) in [5.41, 5.74) is 6.99. The largest absolute Gasteiger partial charge is 0.496 e. The van der Waals surface area contributed by atoms with Gasteiger partial charge in [-0.2, -0.15) is 4.40 Å². The van der Waals surface area contributed by atoms with Crippen LogP contribution in [0.2, 0.25) is 0 Å². The van der Waals surface area contributed by atoms with Crippen molar-refractivity contribution in [2.45, 2.75) is 19.8 Å². The fourth-order valence-electron chi connectivity index (χ4n) is 2.33. The number of anilines is 1. The number of likely N-dealkylation sites (tertiary alicyclic amines) is 1. The number of hydrogen-bond donors (Lipinski definition) is 2. The molecule has 0 saturated carbocycles. The highest BCUT2D eigenvalue weighted by atomic mass is 32.2. The van der Waals surface area contributed by atoms with Crippen molar-refractivity contribution < 1.29 is 13.7 Å². The SMILES string of the molecule is CC(=O)N1CCCC1.COc1cccc2c1C(N)=NS(=O)N2. The van der Waals surface area contributed by atoms with E-state index in [1.807, 2.05) is 4.90 Å². The van der Waals surface area contributed by atoms with Gasteiger partial charge < -0.3 is 15.4 Å². The minimum atomic E-state index is -1.48. The second-order valence-corrected chi connectivity index (χ2v) is 5.81. The molecule has 2 aliphatic rings. The second kappa shape index (κ2) is 7.26. The van der Waals surface area contributed by atoms with Gasteiger partial charge in [-0.1, -0.05) is 6.07 Å². The molecule has 8 heteroatoms. The number of nitrogens with one attached hydrogen (secondary N) is 1. The number of hydrogen-bond acceptors (Lipinski definition) is 4. The van der Waals surface area contributed by atoms with Crippen LogP contribution < -0.4 is 15.2 Å². The van der Waals surface area contributed by atoms with E-state index in [0.29, 0.717) is 17.0 Å². The van der Waals surface area contributed by atoms with Crippen LogP contribution in [0, 0.1) is 0 Å². The maximum absolute atomic E-state index is 11.1. The van der Waals surface area contributed by atoms with Gasteiger partial charge in [-0.05, 0) is 25.0 Å². The van der Waals surface area contributed by atoms with Gasteiger partial charge in [0.1, 0.15) is 11.6 Å². The van der Waals surface area contributed by atoms with E-state index in [4.69, 9.17) is 10.5 Å². The molecule has 1 aromatic carbocycles. The summed E-state index contributed by atoms with van der Waals surface area (Å²) in [4.78, 5) is 12.5. The lowest BCUT2D eigenvalue weighted by Gasteiger charge is -2.16. The number of nitrogens with zero attached hydrogens (tertiary/aromatic N) is 2. The zero-order chi connectivity index (χ0) is 16.1. The normalized spacial score (nSPS) is 19.3. The van der Waals surface area contributed by atoms with Crippen LogP contribution in [0.25, 0.3) is 0 Å². The molecule has 0 bridgehead atoms. The van der Waals surface area contributed by atoms with Gasteiger partial charge in [0.25, 0.3) is 0 Å². The van der Waals surface area contributed by atoms with Gasteiger partial charge in [0, 0.05) is 20.0 Å². The van der Waals surface area contributed by atoms with E-state index in [0.717, 1.165) is 13.1 Å². The lowest BCUT2D eigenvalue weighted by Crippen LogP contribution is -2.24. The predicted molar refractivity (Wildman–Crippen MR) is 87.0 cm³/mol. The number of ether oxygens (including phenoxy) is 1. The number of amidine groups is 1. The average Bonchev–Trinajstić information content (AvgIpc) is 3.01. The van der Waals surface area contributed by atoms with Crippen LogP contribution in [0.1, 0.15) is 25.3 Å². The van der Waals surface area contributed by atoms with Crippen LogP contribution in [-0.2, 0) is 16.0 Å².